The number of hydrogen-bond donors (Lipinski definition) is 2. The fraction of sp³-hybridized carbons (Fsp3) is 0.611. The molecule has 0 bridgehead atoms. The molecule has 1 aliphatic rings. The molecule has 1 aromatic carbocycles. The number of halogens is 2. The molecule has 1 fully saturated rings. The van der Waals surface area contributed by atoms with Crippen LogP contribution in [0.15, 0.2) is 23.2 Å². The molecule has 0 spiro atoms. The third-order valence-electron chi connectivity index (χ3n) is 4.23. The van der Waals surface area contributed by atoms with Crippen LogP contribution in [0.5, 0.6) is 5.75 Å². The third-order valence-corrected chi connectivity index (χ3v) is 4.23. The third kappa shape index (κ3) is 6.49. The molecule has 7 heteroatoms. The first-order valence-electron chi connectivity index (χ1n) is 8.73. The predicted octanol–water partition coefficient (Wildman–Crippen LogP) is 2.60. The lowest BCUT2D eigenvalue weighted by molar-refractivity contribution is -0.0504. The Labute approximate surface area is 148 Å². The summed E-state index contributed by atoms with van der Waals surface area (Å²) in [5, 5.41) is 6.55. The average molecular weight is 354 g/mol. The van der Waals surface area contributed by atoms with Crippen molar-refractivity contribution in [1.82, 2.24) is 15.5 Å². The smallest absolute Gasteiger partial charge is 0.387 e. The van der Waals surface area contributed by atoms with Crippen LogP contribution in [-0.2, 0) is 6.54 Å². The normalized spacial score (nSPS) is 18.6. The first-order valence-corrected chi connectivity index (χ1v) is 8.73. The van der Waals surface area contributed by atoms with E-state index in [-0.39, 0.29) is 12.3 Å². The van der Waals surface area contributed by atoms with E-state index in [0.717, 1.165) is 31.7 Å². The standard InChI is InChI=1S/C18H28F2N4O/c1-4-21-18(22-10-14-7-8-24(3)12-14)23-11-15-9-13(2)5-6-16(15)25-17(19)20/h5-6,9,14,17H,4,7-8,10-12H2,1-3H3,(H2,21,22,23). The summed E-state index contributed by atoms with van der Waals surface area (Å²) < 4.78 is 29.7. The molecule has 0 aromatic heterocycles. The minimum Gasteiger partial charge on any atom is -0.434 e. The van der Waals surface area contributed by atoms with Crippen LogP contribution in [0.4, 0.5) is 8.78 Å². The quantitative estimate of drug-likeness (QED) is 0.584. The summed E-state index contributed by atoms with van der Waals surface area (Å²) in [6.07, 6.45) is 1.17. The molecular weight excluding hydrogens is 326 g/mol. The summed E-state index contributed by atoms with van der Waals surface area (Å²) in [7, 11) is 2.13. The van der Waals surface area contributed by atoms with Crippen molar-refractivity contribution in [2.45, 2.75) is 33.4 Å². The minimum atomic E-state index is -2.84. The molecule has 0 saturated carbocycles. The van der Waals surface area contributed by atoms with E-state index in [0.29, 0.717) is 17.4 Å². The van der Waals surface area contributed by atoms with Gasteiger partial charge in [0.2, 0.25) is 0 Å². The van der Waals surface area contributed by atoms with Crippen LogP contribution in [0.3, 0.4) is 0 Å². The van der Waals surface area contributed by atoms with Gasteiger partial charge in [-0.25, -0.2) is 4.99 Å². The van der Waals surface area contributed by atoms with Gasteiger partial charge in [-0.05, 0) is 45.8 Å². The summed E-state index contributed by atoms with van der Waals surface area (Å²) in [6.45, 7) is 5.15. The first kappa shape index (κ1) is 19.4. The van der Waals surface area contributed by atoms with Crippen LogP contribution in [0.2, 0.25) is 0 Å². The number of guanidine groups is 1. The van der Waals surface area contributed by atoms with Gasteiger partial charge in [0, 0.05) is 25.2 Å². The van der Waals surface area contributed by atoms with Gasteiger partial charge in [0.05, 0.1) is 6.54 Å². The molecule has 0 aliphatic carbocycles. The zero-order valence-corrected chi connectivity index (χ0v) is 15.2. The highest BCUT2D eigenvalue weighted by molar-refractivity contribution is 5.79. The molecule has 0 amide bonds. The number of benzene rings is 1. The Morgan fingerprint density at radius 3 is 2.84 bits per heavy atom. The number of rotatable bonds is 7. The maximum absolute atomic E-state index is 12.6. The van der Waals surface area contributed by atoms with Crippen LogP contribution < -0.4 is 15.4 Å². The molecule has 0 radical (unpaired) electrons. The van der Waals surface area contributed by atoms with Crippen LogP contribution in [0.25, 0.3) is 0 Å². The topological polar surface area (TPSA) is 48.9 Å². The largest absolute Gasteiger partial charge is 0.434 e. The van der Waals surface area contributed by atoms with Crippen LogP contribution in [0, 0.1) is 12.8 Å². The Morgan fingerprint density at radius 2 is 2.20 bits per heavy atom. The van der Waals surface area contributed by atoms with Gasteiger partial charge in [-0.15, -0.1) is 0 Å². The molecule has 1 saturated heterocycles. The van der Waals surface area contributed by atoms with Crippen molar-refractivity contribution < 1.29 is 13.5 Å². The monoisotopic (exact) mass is 354 g/mol. The number of nitrogens with one attached hydrogen (secondary N) is 2. The second kappa shape index (κ2) is 9.56. The van der Waals surface area contributed by atoms with E-state index < -0.39 is 6.61 Å². The van der Waals surface area contributed by atoms with E-state index in [4.69, 9.17) is 0 Å². The summed E-state index contributed by atoms with van der Waals surface area (Å²) in [4.78, 5) is 6.85. The molecule has 1 heterocycles. The van der Waals surface area contributed by atoms with Gasteiger partial charge in [0.1, 0.15) is 5.75 Å². The highest BCUT2D eigenvalue weighted by Crippen LogP contribution is 2.23. The number of aliphatic imine (C=N–C) groups is 1. The Kier molecular flexibility index (Phi) is 7.43. The lowest BCUT2D eigenvalue weighted by atomic mass is 10.1. The van der Waals surface area contributed by atoms with Crippen molar-refractivity contribution in [3.63, 3.8) is 0 Å². The molecular formula is C18H28F2N4O. The van der Waals surface area contributed by atoms with Crippen molar-refractivity contribution in [1.29, 1.82) is 0 Å². The van der Waals surface area contributed by atoms with E-state index in [1.807, 2.05) is 19.9 Å². The second-order valence-electron chi connectivity index (χ2n) is 6.48. The van der Waals surface area contributed by atoms with E-state index in [9.17, 15) is 8.78 Å². The van der Waals surface area contributed by atoms with E-state index in [1.165, 1.54) is 6.42 Å². The Morgan fingerprint density at radius 1 is 1.40 bits per heavy atom. The minimum absolute atomic E-state index is 0.178. The Balaban J connectivity index is 2.01. The van der Waals surface area contributed by atoms with Crippen molar-refractivity contribution >= 4 is 5.96 Å². The fourth-order valence-corrected chi connectivity index (χ4v) is 2.98. The average Bonchev–Trinajstić information content (AvgIpc) is 2.97. The molecule has 2 N–H and O–H groups in total. The van der Waals surface area contributed by atoms with Gasteiger partial charge in [-0.2, -0.15) is 8.78 Å². The maximum atomic E-state index is 12.6. The van der Waals surface area contributed by atoms with Crippen molar-refractivity contribution in [2.75, 3.05) is 33.2 Å². The second-order valence-corrected chi connectivity index (χ2v) is 6.48. The van der Waals surface area contributed by atoms with Crippen LogP contribution in [-0.4, -0.2) is 50.7 Å². The number of likely N-dealkylation sites (tertiary alicyclic amines) is 1. The number of aryl methyl sites for hydroxylation is 1. The molecule has 1 unspecified atom stereocenters. The number of ether oxygens (including phenoxy) is 1. The molecule has 1 atom stereocenters. The lowest BCUT2D eigenvalue weighted by Crippen LogP contribution is -2.40. The zero-order valence-electron chi connectivity index (χ0n) is 15.2. The van der Waals surface area contributed by atoms with Crippen LogP contribution >= 0.6 is 0 Å². The first-order chi connectivity index (χ1) is 12.0. The highest BCUT2D eigenvalue weighted by Gasteiger charge is 2.19. The van der Waals surface area contributed by atoms with Gasteiger partial charge in [0.15, 0.2) is 5.96 Å². The number of nitrogens with zero attached hydrogens (tertiary/aromatic N) is 2. The SMILES string of the molecule is CCNC(=NCc1cc(C)ccc1OC(F)F)NCC1CCN(C)C1. The predicted molar refractivity (Wildman–Crippen MR) is 96.2 cm³/mol. The molecule has 1 aromatic rings. The van der Waals surface area contributed by atoms with Crippen molar-refractivity contribution in [2.24, 2.45) is 10.9 Å². The van der Waals surface area contributed by atoms with Gasteiger partial charge < -0.3 is 20.3 Å². The van der Waals surface area contributed by atoms with Crippen LogP contribution in [0.1, 0.15) is 24.5 Å². The van der Waals surface area contributed by atoms with Gasteiger partial charge in [-0.1, -0.05) is 17.7 Å². The van der Waals surface area contributed by atoms with E-state index in [1.54, 1.807) is 12.1 Å². The molecule has 1 aliphatic heterocycles. The number of hydrogen-bond acceptors (Lipinski definition) is 3. The van der Waals surface area contributed by atoms with Crippen molar-refractivity contribution in [3.05, 3.63) is 29.3 Å². The molecule has 5 nitrogen and oxygen atoms in total. The Hall–Kier alpha value is -1.89. The van der Waals surface area contributed by atoms with Gasteiger partial charge in [-0.3, -0.25) is 0 Å². The fourth-order valence-electron chi connectivity index (χ4n) is 2.98. The zero-order chi connectivity index (χ0) is 18.2. The highest BCUT2D eigenvalue weighted by atomic mass is 19.3. The van der Waals surface area contributed by atoms with Gasteiger partial charge in [0.25, 0.3) is 0 Å². The molecule has 140 valence electrons. The number of alkyl halides is 2. The summed E-state index contributed by atoms with van der Waals surface area (Å²) in [6, 6.07) is 5.16. The summed E-state index contributed by atoms with van der Waals surface area (Å²) >= 11 is 0. The summed E-state index contributed by atoms with van der Waals surface area (Å²) in [5.41, 5.74) is 1.64. The van der Waals surface area contributed by atoms with Gasteiger partial charge >= 0.3 is 6.61 Å². The summed E-state index contributed by atoms with van der Waals surface area (Å²) in [5.74, 6) is 1.48. The molecule has 25 heavy (non-hydrogen) atoms. The lowest BCUT2D eigenvalue weighted by Gasteiger charge is -2.16. The molecule has 2 rings (SSSR count). The van der Waals surface area contributed by atoms with E-state index in [2.05, 4.69) is 32.3 Å². The maximum Gasteiger partial charge on any atom is 0.387 e. The van der Waals surface area contributed by atoms with Crippen molar-refractivity contribution in [3.8, 4) is 5.75 Å². The van der Waals surface area contributed by atoms with E-state index >= 15 is 0 Å². The Bertz CT molecular complexity index is 580.